The van der Waals surface area contributed by atoms with Gasteiger partial charge in [0.25, 0.3) is 5.95 Å². The molecule has 49 heavy (non-hydrogen) atoms. The van der Waals surface area contributed by atoms with Crippen molar-refractivity contribution in [1.29, 1.82) is 5.41 Å². The zero-order valence-electron chi connectivity index (χ0n) is 27.3. The Balaban J connectivity index is 1.75. The number of methoxy groups -OCH3 is 1. The highest BCUT2D eigenvalue weighted by atomic mass is 19.1. The Bertz CT molecular complexity index is 1720. The molecule has 0 radical (unpaired) electrons. The number of benzene rings is 2. The van der Waals surface area contributed by atoms with Gasteiger partial charge in [-0.3, -0.25) is 10.2 Å². The molecule has 0 saturated carbocycles. The molecule has 4 aromatic rings. The lowest BCUT2D eigenvalue weighted by molar-refractivity contribution is -0.141. The molecular weight excluding hydrogens is 643 g/mol. The molecule has 0 fully saturated rings. The first kappa shape index (κ1) is 35.8. The van der Waals surface area contributed by atoms with Crippen molar-refractivity contribution in [3.8, 4) is 23.5 Å². The Morgan fingerprint density at radius 2 is 1.76 bits per heavy atom. The lowest BCUT2D eigenvalue weighted by atomic mass is 10.0. The molecule has 0 bridgehead atoms. The third-order valence-electron chi connectivity index (χ3n) is 6.87. The predicted molar refractivity (Wildman–Crippen MR) is 172 cm³/mol. The molecule has 0 aliphatic heterocycles. The number of hydrogen-bond acceptors (Lipinski definition) is 14. The maximum absolute atomic E-state index is 16.3. The van der Waals surface area contributed by atoms with Crippen LogP contribution in [0.3, 0.4) is 0 Å². The number of nitrogens with two attached hydrogens (primary N) is 1. The monoisotopic (exact) mass is 680 g/mol. The summed E-state index contributed by atoms with van der Waals surface area (Å²) in [6.07, 6.45) is 2.94. The molecule has 0 amide bonds. The van der Waals surface area contributed by atoms with Gasteiger partial charge >= 0.3 is 18.1 Å². The summed E-state index contributed by atoms with van der Waals surface area (Å²) < 4.78 is 49.5. The summed E-state index contributed by atoms with van der Waals surface area (Å²) in [7, 11) is 1.41. The Labute approximate surface area is 281 Å². The molecule has 0 spiro atoms. The summed E-state index contributed by atoms with van der Waals surface area (Å²) in [5, 5.41) is 15.5. The molecule has 1 unspecified atom stereocenters. The van der Waals surface area contributed by atoms with Crippen LogP contribution in [0.25, 0.3) is 5.95 Å². The maximum Gasteiger partial charge on any atom is 0.511 e. The Morgan fingerprint density at radius 3 is 2.39 bits per heavy atom. The molecule has 0 saturated heterocycles. The van der Waals surface area contributed by atoms with Crippen molar-refractivity contribution in [3.05, 3.63) is 77.6 Å². The van der Waals surface area contributed by atoms with Crippen molar-refractivity contribution < 1.29 is 42.4 Å². The molecule has 2 aromatic carbocycles. The summed E-state index contributed by atoms with van der Waals surface area (Å²) in [6, 6.07) is 9.59. The number of aromatic nitrogens is 5. The van der Waals surface area contributed by atoms with Gasteiger partial charge in [0, 0.05) is 42.2 Å². The van der Waals surface area contributed by atoms with Crippen LogP contribution in [0.5, 0.6) is 17.5 Å². The molecule has 0 aliphatic carbocycles. The van der Waals surface area contributed by atoms with Gasteiger partial charge in [-0.2, -0.15) is 4.98 Å². The zero-order valence-corrected chi connectivity index (χ0v) is 27.3. The van der Waals surface area contributed by atoms with E-state index < -0.39 is 30.8 Å². The standard InChI is InChI=1S/C32H37FN8O8/c1-5-22(6-2)49-32(43)48-18-47-31-39-29(40-41(31)30-36-12-7-13-37-30)27(38-21-10-8-20(9-11-21)28(34)35)24-16-23(44-4)17-25(26(24)33)46-15-14-45-19(3)42/h7-13,16-17,22,27,38H,5-6,14-15,18H2,1-4H3,(H3,34,35). The molecule has 2 aromatic heterocycles. The Morgan fingerprint density at radius 1 is 1.04 bits per heavy atom. The molecule has 16 nitrogen and oxygen atoms in total. The first-order valence-corrected chi connectivity index (χ1v) is 15.2. The van der Waals surface area contributed by atoms with E-state index in [9.17, 15) is 9.59 Å². The minimum Gasteiger partial charge on any atom is -0.497 e. The number of nitrogens with one attached hydrogen (secondary N) is 2. The average Bonchev–Trinajstić information content (AvgIpc) is 3.53. The van der Waals surface area contributed by atoms with Crippen LogP contribution in [-0.4, -0.2) is 75.9 Å². The quantitative estimate of drug-likeness (QED) is 0.0467. The first-order chi connectivity index (χ1) is 23.6. The van der Waals surface area contributed by atoms with Crippen LogP contribution in [0, 0.1) is 11.2 Å². The number of esters is 1. The van der Waals surface area contributed by atoms with E-state index in [-0.39, 0.29) is 60.0 Å². The maximum atomic E-state index is 16.3. The molecule has 260 valence electrons. The number of nitrogen functional groups attached to an aromatic ring is 1. The van der Waals surface area contributed by atoms with Crippen LogP contribution < -0.4 is 25.3 Å². The lowest BCUT2D eigenvalue weighted by Crippen LogP contribution is -2.20. The van der Waals surface area contributed by atoms with Gasteiger partial charge in [0.05, 0.1) is 7.11 Å². The van der Waals surface area contributed by atoms with Gasteiger partial charge in [-0.15, -0.1) is 9.78 Å². The third-order valence-corrected chi connectivity index (χ3v) is 6.87. The fraction of sp³-hybridized carbons (Fsp3) is 0.344. The predicted octanol–water partition coefficient (Wildman–Crippen LogP) is 4.31. The Hall–Kier alpha value is -6.00. The van der Waals surface area contributed by atoms with E-state index in [2.05, 4.69) is 25.4 Å². The molecule has 4 N–H and O–H groups in total. The second-order valence-corrected chi connectivity index (χ2v) is 10.2. The van der Waals surface area contributed by atoms with Gasteiger partial charge in [-0.25, -0.2) is 19.2 Å². The number of halogens is 1. The molecule has 0 aliphatic rings. The van der Waals surface area contributed by atoms with E-state index in [0.29, 0.717) is 24.1 Å². The summed E-state index contributed by atoms with van der Waals surface area (Å²) in [4.78, 5) is 36.4. The number of anilines is 1. The second-order valence-electron chi connectivity index (χ2n) is 10.2. The normalized spacial score (nSPS) is 11.4. The van der Waals surface area contributed by atoms with E-state index in [1.165, 1.54) is 38.6 Å². The molecule has 2 heterocycles. The van der Waals surface area contributed by atoms with Gasteiger partial charge in [-0.05, 0) is 49.2 Å². The molecule has 1 atom stereocenters. The number of amidine groups is 1. The van der Waals surface area contributed by atoms with Gasteiger partial charge < -0.3 is 39.5 Å². The van der Waals surface area contributed by atoms with Crippen LogP contribution in [0.2, 0.25) is 0 Å². The number of nitrogens with zero attached hydrogens (tertiary/aromatic N) is 5. The lowest BCUT2D eigenvalue weighted by Gasteiger charge is -2.21. The van der Waals surface area contributed by atoms with Crippen molar-refractivity contribution >= 4 is 23.6 Å². The Kier molecular flexibility index (Phi) is 12.6. The van der Waals surface area contributed by atoms with Crippen molar-refractivity contribution in [1.82, 2.24) is 24.7 Å². The van der Waals surface area contributed by atoms with Gasteiger partial charge in [0.2, 0.25) is 6.79 Å². The van der Waals surface area contributed by atoms with Crippen LogP contribution in [-0.2, 0) is 19.0 Å². The fourth-order valence-electron chi connectivity index (χ4n) is 4.37. The van der Waals surface area contributed by atoms with Gasteiger partial charge in [0.1, 0.15) is 36.9 Å². The fourth-order valence-corrected chi connectivity index (χ4v) is 4.37. The van der Waals surface area contributed by atoms with Crippen LogP contribution in [0.4, 0.5) is 14.9 Å². The van der Waals surface area contributed by atoms with E-state index in [4.69, 9.17) is 39.6 Å². The van der Waals surface area contributed by atoms with Gasteiger partial charge in [0.15, 0.2) is 17.4 Å². The minimum absolute atomic E-state index is 0.000150. The van der Waals surface area contributed by atoms with E-state index in [1.807, 2.05) is 13.8 Å². The van der Waals surface area contributed by atoms with Crippen molar-refractivity contribution in [2.24, 2.45) is 5.73 Å². The van der Waals surface area contributed by atoms with Crippen LogP contribution >= 0.6 is 0 Å². The smallest absolute Gasteiger partial charge is 0.497 e. The topological polar surface area (TPSA) is 208 Å². The minimum atomic E-state index is -1.14. The van der Waals surface area contributed by atoms with Crippen molar-refractivity contribution in [3.63, 3.8) is 0 Å². The summed E-state index contributed by atoms with van der Waals surface area (Å²) in [5.41, 5.74) is 6.58. The van der Waals surface area contributed by atoms with Crippen molar-refractivity contribution in [2.75, 3.05) is 32.4 Å². The van der Waals surface area contributed by atoms with Gasteiger partial charge in [-0.1, -0.05) is 13.8 Å². The van der Waals surface area contributed by atoms with Crippen molar-refractivity contribution in [2.45, 2.75) is 45.8 Å². The van der Waals surface area contributed by atoms with E-state index in [0.717, 1.165) is 4.68 Å². The largest absolute Gasteiger partial charge is 0.511 e. The summed E-state index contributed by atoms with van der Waals surface area (Å²) >= 11 is 0. The van der Waals surface area contributed by atoms with Crippen LogP contribution in [0.1, 0.15) is 56.6 Å². The first-order valence-electron chi connectivity index (χ1n) is 15.2. The zero-order chi connectivity index (χ0) is 35.3. The summed E-state index contributed by atoms with van der Waals surface area (Å²) in [5.74, 6) is -1.34. The highest BCUT2D eigenvalue weighted by Gasteiger charge is 2.29. The summed E-state index contributed by atoms with van der Waals surface area (Å²) in [6.45, 7) is 4.18. The number of ether oxygens (including phenoxy) is 6. The molecule has 4 rings (SSSR count). The average molecular weight is 681 g/mol. The van der Waals surface area contributed by atoms with Crippen LogP contribution in [0.15, 0.2) is 54.9 Å². The number of carbonyl (C=O) groups excluding carboxylic acids is 2. The molecule has 17 heteroatoms. The van der Waals surface area contributed by atoms with E-state index in [1.54, 1.807) is 30.3 Å². The number of rotatable bonds is 17. The second kappa shape index (κ2) is 17.2. The van der Waals surface area contributed by atoms with E-state index >= 15 is 4.39 Å². The number of hydrogen-bond donors (Lipinski definition) is 3. The third kappa shape index (κ3) is 9.75. The molecular formula is C32H37FN8O8. The number of carbonyl (C=O) groups is 2. The SMILES string of the molecule is CCC(CC)OC(=O)OCOc1nc(C(Nc2ccc(C(=N)N)cc2)c2cc(OC)cc(OCCOC(C)=O)c2F)nn1-c1ncccn1. The highest BCUT2D eigenvalue weighted by molar-refractivity contribution is 5.95. The highest BCUT2D eigenvalue weighted by Crippen LogP contribution is 2.36.